The van der Waals surface area contributed by atoms with Crippen molar-refractivity contribution in [3.63, 3.8) is 0 Å². The van der Waals surface area contributed by atoms with Crippen molar-refractivity contribution >= 4 is 38.9 Å². The van der Waals surface area contributed by atoms with E-state index in [2.05, 4.69) is 21.2 Å². The minimum absolute atomic E-state index is 0.0560. The first-order valence-corrected chi connectivity index (χ1v) is 6.30. The summed E-state index contributed by atoms with van der Waals surface area (Å²) in [6, 6.07) is 8.96. The molecule has 2 aromatic rings. The number of benzene rings is 2. The van der Waals surface area contributed by atoms with Crippen LogP contribution in [-0.4, -0.2) is 0 Å². The van der Waals surface area contributed by atoms with Crippen molar-refractivity contribution in [3.05, 3.63) is 57.0 Å². The van der Waals surface area contributed by atoms with Gasteiger partial charge >= 0.3 is 0 Å². The van der Waals surface area contributed by atoms with Gasteiger partial charge in [-0.05, 0) is 46.3 Å². The van der Waals surface area contributed by atoms with Crippen LogP contribution in [0.1, 0.15) is 5.56 Å². The summed E-state index contributed by atoms with van der Waals surface area (Å²) in [5.41, 5.74) is 0.144. The Balaban J connectivity index is 2.39. The van der Waals surface area contributed by atoms with Gasteiger partial charge < -0.3 is 5.32 Å². The molecule has 0 bridgehead atoms. The van der Waals surface area contributed by atoms with E-state index in [-0.39, 0.29) is 11.3 Å². The number of hydrogen-bond acceptors (Lipinski definition) is 2. The fourth-order valence-electron chi connectivity index (χ4n) is 1.47. The zero-order valence-corrected chi connectivity index (χ0v) is 11.7. The molecule has 0 radical (unpaired) electrons. The van der Waals surface area contributed by atoms with Crippen molar-refractivity contribution in [1.29, 1.82) is 5.26 Å². The predicted molar refractivity (Wildman–Crippen MR) is 73.5 cm³/mol. The van der Waals surface area contributed by atoms with Crippen molar-refractivity contribution in [1.82, 2.24) is 0 Å². The third-order valence-corrected chi connectivity index (χ3v) is 3.29. The van der Waals surface area contributed by atoms with Gasteiger partial charge in [-0.25, -0.2) is 8.78 Å². The molecule has 2 aromatic carbocycles. The third kappa shape index (κ3) is 2.86. The molecule has 96 valence electrons. The predicted octanol–water partition coefficient (Wildman–Crippen LogP) is 5.00. The average molecular weight is 344 g/mol. The van der Waals surface area contributed by atoms with Crippen molar-refractivity contribution < 1.29 is 8.78 Å². The van der Waals surface area contributed by atoms with Gasteiger partial charge in [0.2, 0.25) is 0 Å². The molecule has 2 rings (SSSR count). The summed E-state index contributed by atoms with van der Waals surface area (Å²) < 4.78 is 27.8. The average Bonchev–Trinajstić information content (AvgIpc) is 2.38. The number of rotatable bonds is 2. The summed E-state index contributed by atoms with van der Waals surface area (Å²) in [4.78, 5) is 0. The van der Waals surface area contributed by atoms with Crippen LogP contribution >= 0.6 is 27.5 Å². The number of hydrogen-bond donors (Lipinski definition) is 1. The molecule has 1 N–H and O–H groups in total. The van der Waals surface area contributed by atoms with Crippen LogP contribution in [0.5, 0.6) is 0 Å². The molecule has 0 amide bonds. The lowest BCUT2D eigenvalue weighted by molar-refractivity contribution is 0.509. The Morgan fingerprint density at radius 1 is 1.11 bits per heavy atom. The van der Waals surface area contributed by atoms with Crippen LogP contribution in [0, 0.1) is 23.0 Å². The molecular formula is C13H6BrClF2N2. The van der Waals surface area contributed by atoms with Gasteiger partial charge in [0.05, 0.1) is 16.9 Å². The van der Waals surface area contributed by atoms with E-state index in [9.17, 15) is 8.78 Å². The van der Waals surface area contributed by atoms with Gasteiger partial charge in [-0.1, -0.05) is 11.6 Å². The van der Waals surface area contributed by atoms with Crippen LogP contribution in [0.3, 0.4) is 0 Å². The lowest BCUT2D eigenvalue weighted by Gasteiger charge is -2.10. The molecule has 0 spiro atoms. The molecule has 0 aliphatic rings. The van der Waals surface area contributed by atoms with E-state index in [1.54, 1.807) is 24.3 Å². The minimum Gasteiger partial charge on any atom is -0.352 e. The first-order valence-electron chi connectivity index (χ1n) is 5.13. The quantitative estimate of drug-likeness (QED) is 0.833. The number of nitrogens with zero attached hydrogens (tertiary/aromatic N) is 1. The van der Waals surface area contributed by atoms with Crippen LogP contribution in [0.2, 0.25) is 5.02 Å². The molecule has 0 saturated carbocycles. The highest BCUT2D eigenvalue weighted by atomic mass is 79.9. The topological polar surface area (TPSA) is 35.8 Å². The second kappa shape index (κ2) is 5.55. The van der Waals surface area contributed by atoms with E-state index in [0.717, 1.165) is 0 Å². The smallest absolute Gasteiger partial charge is 0.183 e. The van der Waals surface area contributed by atoms with Gasteiger partial charge in [0.15, 0.2) is 11.6 Å². The normalized spacial score (nSPS) is 10.1. The second-order valence-electron chi connectivity index (χ2n) is 3.65. The zero-order valence-electron chi connectivity index (χ0n) is 9.35. The molecule has 0 atom stereocenters. The van der Waals surface area contributed by atoms with Crippen LogP contribution in [-0.2, 0) is 0 Å². The number of nitriles is 1. The Labute approximate surface area is 121 Å². The molecule has 0 aliphatic carbocycles. The summed E-state index contributed by atoms with van der Waals surface area (Å²) in [7, 11) is 0. The maximum atomic E-state index is 13.7. The Morgan fingerprint density at radius 2 is 1.79 bits per heavy atom. The highest BCUT2D eigenvalue weighted by molar-refractivity contribution is 9.10. The Bertz CT molecular complexity index is 683. The molecule has 0 aromatic heterocycles. The molecule has 19 heavy (non-hydrogen) atoms. The number of nitrogens with one attached hydrogen (secondary N) is 1. The summed E-state index contributed by atoms with van der Waals surface area (Å²) in [5, 5.41) is 11.8. The van der Waals surface area contributed by atoms with Crippen LogP contribution in [0.25, 0.3) is 0 Å². The summed E-state index contributed by atoms with van der Waals surface area (Å²) in [5.74, 6) is -2.27. The first-order chi connectivity index (χ1) is 9.02. The van der Waals surface area contributed by atoms with E-state index < -0.39 is 11.6 Å². The zero-order chi connectivity index (χ0) is 14.0. The maximum absolute atomic E-state index is 13.7. The van der Waals surface area contributed by atoms with Gasteiger partial charge in [-0.3, -0.25) is 0 Å². The highest BCUT2D eigenvalue weighted by Gasteiger charge is 2.14. The summed E-state index contributed by atoms with van der Waals surface area (Å²) in [6.07, 6.45) is 0. The number of halogens is 4. The summed E-state index contributed by atoms with van der Waals surface area (Å²) in [6.45, 7) is 0. The van der Waals surface area contributed by atoms with Gasteiger partial charge in [0.25, 0.3) is 0 Å². The van der Waals surface area contributed by atoms with Crippen molar-refractivity contribution in [2.45, 2.75) is 0 Å². The molecule has 0 saturated heterocycles. The second-order valence-corrected chi connectivity index (χ2v) is 4.94. The lowest BCUT2D eigenvalue weighted by atomic mass is 10.2. The number of anilines is 2. The van der Waals surface area contributed by atoms with Gasteiger partial charge in [0.1, 0.15) is 6.07 Å². The van der Waals surface area contributed by atoms with E-state index >= 15 is 0 Å². The van der Waals surface area contributed by atoms with Crippen LogP contribution < -0.4 is 5.32 Å². The monoisotopic (exact) mass is 342 g/mol. The van der Waals surface area contributed by atoms with E-state index in [1.807, 2.05) is 0 Å². The van der Waals surface area contributed by atoms with Crippen molar-refractivity contribution in [2.75, 3.05) is 5.32 Å². The van der Waals surface area contributed by atoms with E-state index in [4.69, 9.17) is 16.9 Å². The molecular weight excluding hydrogens is 338 g/mol. The van der Waals surface area contributed by atoms with Crippen LogP contribution in [0.15, 0.2) is 34.8 Å². The fraction of sp³-hybridized carbons (Fsp3) is 0. The largest absolute Gasteiger partial charge is 0.352 e. The fourth-order valence-corrected chi connectivity index (χ4v) is 2.25. The standard InChI is InChI=1S/C13H6BrClF2N2/c14-9-5-8(15)2-4-10(9)19-11-3-1-7(6-18)12(16)13(11)17/h1-5,19H. The lowest BCUT2D eigenvalue weighted by Crippen LogP contribution is -1.99. The Morgan fingerprint density at radius 3 is 2.42 bits per heavy atom. The SMILES string of the molecule is N#Cc1ccc(Nc2ccc(Cl)cc2Br)c(F)c1F. The molecule has 0 heterocycles. The first kappa shape index (κ1) is 13.8. The Kier molecular flexibility index (Phi) is 4.03. The summed E-state index contributed by atoms with van der Waals surface area (Å²) >= 11 is 9.05. The van der Waals surface area contributed by atoms with E-state index in [1.165, 1.54) is 12.1 Å². The van der Waals surface area contributed by atoms with E-state index in [0.29, 0.717) is 15.2 Å². The van der Waals surface area contributed by atoms with Crippen molar-refractivity contribution in [2.24, 2.45) is 0 Å². The Hall–Kier alpha value is -1.64. The van der Waals surface area contributed by atoms with Crippen LogP contribution in [0.4, 0.5) is 20.2 Å². The van der Waals surface area contributed by atoms with Gasteiger partial charge in [0, 0.05) is 9.50 Å². The molecule has 2 nitrogen and oxygen atoms in total. The third-order valence-electron chi connectivity index (χ3n) is 2.40. The molecule has 0 unspecified atom stereocenters. The minimum atomic E-state index is -1.17. The highest BCUT2D eigenvalue weighted by Crippen LogP contribution is 2.30. The molecule has 0 aliphatic heterocycles. The maximum Gasteiger partial charge on any atom is 0.183 e. The molecule has 0 fully saturated rings. The van der Waals surface area contributed by atoms with Crippen molar-refractivity contribution in [3.8, 4) is 6.07 Å². The van der Waals surface area contributed by atoms with Gasteiger partial charge in [-0.15, -0.1) is 0 Å². The van der Waals surface area contributed by atoms with Gasteiger partial charge in [-0.2, -0.15) is 5.26 Å². The molecule has 6 heteroatoms.